The SMILES string of the molecule is Cc1ccc(S(=O)(=O)Nc2nccnn2)c(N)c1. The van der Waals surface area contributed by atoms with Crippen LogP contribution in [0.2, 0.25) is 0 Å². The fourth-order valence-corrected chi connectivity index (χ4v) is 2.44. The average Bonchev–Trinajstić information content (AvgIpc) is 2.29. The summed E-state index contributed by atoms with van der Waals surface area (Å²) in [5.74, 6) is -0.0996. The zero-order chi connectivity index (χ0) is 13.2. The molecule has 2 aromatic rings. The van der Waals surface area contributed by atoms with E-state index < -0.39 is 10.0 Å². The van der Waals surface area contributed by atoms with Crippen molar-refractivity contribution in [3.05, 3.63) is 36.2 Å². The summed E-state index contributed by atoms with van der Waals surface area (Å²) >= 11 is 0. The predicted octanol–water partition coefficient (Wildman–Crippen LogP) is 0.563. The van der Waals surface area contributed by atoms with Gasteiger partial charge in [0, 0.05) is 0 Å². The highest BCUT2D eigenvalue weighted by Gasteiger charge is 2.18. The zero-order valence-corrected chi connectivity index (χ0v) is 10.3. The highest BCUT2D eigenvalue weighted by molar-refractivity contribution is 7.92. The van der Waals surface area contributed by atoms with Crippen molar-refractivity contribution in [2.75, 3.05) is 10.5 Å². The Kier molecular flexibility index (Phi) is 3.11. The van der Waals surface area contributed by atoms with Crippen molar-refractivity contribution in [1.82, 2.24) is 15.2 Å². The largest absolute Gasteiger partial charge is 0.398 e. The number of nitrogens with zero attached hydrogens (tertiary/aromatic N) is 3. The summed E-state index contributed by atoms with van der Waals surface area (Å²) in [5.41, 5.74) is 6.74. The van der Waals surface area contributed by atoms with E-state index in [0.29, 0.717) is 0 Å². The predicted molar refractivity (Wildman–Crippen MR) is 66.2 cm³/mol. The molecular weight excluding hydrogens is 254 g/mol. The number of hydrogen-bond donors (Lipinski definition) is 2. The summed E-state index contributed by atoms with van der Waals surface area (Å²) < 4.78 is 26.3. The van der Waals surface area contributed by atoms with Crippen molar-refractivity contribution in [1.29, 1.82) is 0 Å². The minimum Gasteiger partial charge on any atom is -0.398 e. The first-order valence-electron chi connectivity index (χ1n) is 5.02. The lowest BCUT2D eigenvalue weighted by Gasteiger charge is -2.08. The van der Waals surface area contributed by atoms with E-state index in [1.54, 1.807) is 12.1 Å². The topological polar surface area (TPSA) is 111 Å². The quantitative estimate of drug-likeness (QED) is 0.784. The van der Waals surface area contributed by atoms with E-state index in [-0.39, 0.29) is 16.5 Å². The molecule has 94 valence electrons. The second-order valence-electron chi connectivity index (χ2n) is 3.61. The fraction of sp³-hybridized carbons (Fsp3) is 0.100. The minimum atomic E-state index is -3.80. The van der Waals surface area contributed by atoms with Gasteiger partial charge in [0.05, 0.1) is 18.1 Å². The number of aromatic nitrogens is 3. The molecule has 1 aromatic carbocycles. The molecule has 0 aliphatic carbocycles. The first kappa shape index (κ1) is 12.2. The van der Waals surface area contributed by atoms with E-state index in [1.807, 2.05) is 6.92 Å². The van der Waals surface area contributed by atoms with E-state index >= 15 is 0 Å². The van der Waals surface area contributed by atoms with Gasteiger partial charge in [-0.1, -0.05) is 6.07 Å². The molecule has 0 saturated heterocycles. The summed E-state index contributed by atoms with van der Waals surface area (Å²) in [5, 5.41) is 7.07. The molecule has 18 heavy (non-hydrogen) atoms. The Morgan fingerprint density at radius 2 is 2.06 bits per heavy atom. The molecule has 0 amide bonds. The minimum absolute atomic E-state index is 0.0134. The Morgan fingerprint density at radius 3 is 2.67 bits per heavy atom. The molecule has 0 aliphatic heterocycles. The van der Waals surface area contributed by atoms with Gasteiger partial charge in [0.25, 0.3) is 16.0 Å². The molecule has 0 bridgehead atoms. The smallest absolute Gasteiger partial charge is 0.266 e. The van der Waals surface area contributed by atoms with Crippen LogP contribution < -0.4 is 10.5 Å². The maximum atomic E-state index is 12.0. The second-order valence-corrected chi connectivity index (χ2v) is 5.26. The summed E-state index contributed by atoms with van der Waals surface area (Å²) in [6, 6.07) is 4.68. The van der Waals surface area contributed by atoms with Crippen LogP contribution >= 0.6 is 0 Å². The van der Waals surface area contributed by atoms with Crippen LogP contribution in [0.25, 0.3) is 0 Å². The number of sulfonamides is 1. The number of nitrogens with two attached hydrogens (primary N) is 1. The molecule has 8 heteroatoms. The van der Waals surface area contributed by atoms with Gasteiger partial charge >= 0.3 is 0 Å². The van der Waals surface area contributed by atoms with Gasteiger partial charge in [-0.15, -0.1) is 5.10 Å². The Morgan fingerprint density at radius 1 is 1.28 bits per heavy atom. The maximum absolute atomic E-state index is 12.0. The molecule has 3 N–H and O–H groups in total. The molecule has 7 nitrogen and oxygen atoms in total. The molecule has 1 heterocycles. The number of nitrogens with one attached hydrogen (secondary N) is 1. The van der Waals surface area contributed by atoms with Gasteiger partial charge in [-0.2, -0.15) is 5.10 Å². The van der Waals surface area contributed by atoms with Crippen molar-refractivity contribution < 1.29 is 8.42 Å². The van der Waals surface area contributed by atoms with E-state index in [2.05, 4.69) is 19.9 Å². The van der Waals surface area contributed by atoms with Crippen molar-refractivity contribution in [3.63, 3.8) is 0 Å². The van der Waals surface area contributed by atoms with Gasteiger partial charge in [-0.3, -0.25) is 0 Å². The number of aryl methyl sites for hydroxylation is 1. The molecule has 0 unspecified atom stereocenters. The van der Waals surface area contributed by atoms with Gasteiger partial charge in [0.1, 0.15) is 4.90 Å². The first-order chi connectivity index (χ1) is 8.49. The van der Waals surface area contributed by atoms with Crippen LogP contribution in [0, 0.1) is 6.92 Å². The zero-order valence-electron chi connectivity index (χ0n) is 9.53. The van der Waals surface area contributed by atoms with Gasteiger partial charge in [-0.05, 0) is 24.6 Å². The highest BCUT2D eigenvalue weighted by atomic mass is 32.2. The van der Waals surface area contributed by atoms with Crippen molar-refractivity contribution in [2.24, 2.45) is 0 Å². The number of benzene rings is 1. The Balaban J connectivity index is 2.37. The van der Waals surface area contributed by atoms with Gasteiger partial charge in [-0.25, -0.2) is 18.1 Å². The highest BCUT2D eigenvalue weighted by Crippen LogP contribution is 2.20. The van der Waals surface area contributed by atoms with Crippen LogP contribution in [-0.4, -0.2) is 23.6 Å². The lowest BCUT2D eigenvalue weighted by atomic mass is 10.2. The summed E-state index contributed by atoms with van der Waals surface area (Å²) in [7, 11) is -3.80. The molecule has 2 rings (SSSR count). The van der Waals surface area contributed by atoms with E-state index in [1.165, 1.54) is 18.5 Å². The molecular formula is C10H11N5O2S. The third kappa shape index (κ3) is 2.54. The molecule has 0 spiro atoms. The molecule has 0 fully saturated rings. The van der Waals surface area contributed by atoms with Crippen LogP contribution in [0.4, 0.5) is 11.6 Å². The van der Waals surface area contributed by atoms with Crippen LogP contribution in [0.1, 0.15) is 5.56 Å². The third-order valence-corrected chi connectivity index (χ3v) is 3.57. The summed E-state index contributed by atoms with van der Waals surface area (Å²) in [4.78, 5) is 3.72. The lowest BCUT2D eigenvalue weighted by Crippen LogP contribution is -2.16. The Bertz CT molecular complexity index is 657. The first-order valence-corrected chi connectivity index (χ1v) is 6.50. The summed E-state index contributed by atoms with van der Waals surface area (Å²) in [6.45, 7) is 1.82. The van der Waals surface area contributed by atoms with Gasteiger partial charge in [0.2, 0.25) is 0 Å². The number of nitrogen functional groups attached to an aromatic ring is 1. The second kappa shape index (κ2) is 4.57. The molecule has 0 saturated carbocycles. The Labute approximate surface area is 104 Å². The maximum Gasteiger partial charge on any atom is 0.266 e. The van der Waals surface area contributed by atoms with E-state index in [0.717, 1.165) is 5.56 Å². The van der Waals surface area contributed by atoms with Crippen LogP contribution in [0.15, 0.2) is 35.5 Å². The molecule has 0 radical (unpaired) electrons. The van der Waals surface area contributed by atoms with E-state index in [9.17, 15) is 8.42 Å². The molecule has 0 atom stereocenters. The van der Waals surface area contributed by atoms with Crippen molar-refractivity contribution in [2.45, 2.75) is 11.8 Å². The standard InChI is InChI=1S/C10H11N5O2S/c1-7-2-3-9(8(11)6-7)18(16,17)15-10-12-4-5-13-14-10/h2-6H,11H2,1H3,(H,12,14,15). The normalized spacial score (nSPS) is 11.2. The average molecular weight is 265 g/mol. The summed E-state index contributed by atoms with van der Waals surface area (Å²) in [6.07, 6.45) is 2.68. The Hall–Kier alpha value is -2.22. The van der Waals surface area contributed by atoms with Gasteiger partial charge < -0.3 is 5.73 Å². The van der Waals surface area contributed by atoms with Gasteiger partial charge in [0.15, 0.2) is 0 Å². The van der Waals surface area contributed by atoms with E-state index in [4.69, 9.17) is 5.73 Å². The van der Waals surface area contributed by atoms with Crippen molar-refractivity contribution >= 4 is 21.7 Å². The van der Waals surface area contributed by atoms with Crippen LogP contribution in [0.3, 0.4) is 0 Å². The number of anilines is 2. The monoisotopic (exact) mass is 265 g/mol. The number of rotatable bonds is 3. The van der Waals surface area contributed by atoms with Crippen molar-refractivity contribution in [3.8, 4) is 0 Å². The number of hydrogen-bond acceptors (Lipinski definition) is 6. The van der Waals surface area contributed by atoms with Crippen LogP contribution in [-0.2, 0) is 10.0 Å². The molecule has 0 aliphatic rings. The fourth-order valence-electron chi connectivity index (χ4n) is 1.38. The lowest BCUT2D eigenvalue weighted by molar-refractivity contribution is 0.601. The van der Waals surface area contributed by atoms with Crippen LogP contribution in [0.5, 0.6) is 0 Å². The third-order valence-electron chi connectivity index (χ3n) is 2.16. The molecule has 1 aromatic heterocycles.